The Labute approximate surface area is 282 Å². The van der Waals surface area contributed by atoms with Gasteiger partial charge >= 0.3 is 0 Å². The van der Waals surface area contributed by atoms with Gasteiger partial charge in [0.1, 0.15) is 0 Å². The topological polar surface area (TPSA) is 30.3 Å². The highest BCUT2D eigenvalue weighted by Crippen LogP contribution is 2.47. The predicted molar refractivity (Wildman–Crippen MR) is 207 cm³/mol. The molecule has 8 aromatic rings. The fourth-order valence-electron chi connectivity index (χ4n) is 7.17. The Morgan fingerprint density at radius 3 is 1.54 bits per heavy atom. The third-order valence-corrected chi connectivity index (χ3v) is 11.4. The molecule has 0 aliphatic rings. The van der Waals surface area contributed by atoms with Crippen molar-refractivity contribution in [3.05, 3.63) is 163 Å². The van der Waals surface area contributed by atoms with E-state index in [2.05, 4.69) is 169 Å². The molecule has 48 heavy (non-hydrogen) atoms. The van der Waals surface area contributed by atoms with Crippen LogP contribution in [0.25, 0.3) is 32.3 Å². The van der Waals surface area contributed by atoms with Crippen LogP contribution in [0.2, 0.25) is 19.6 Å². The second-order valence-electron chi connectivity index (χ2n) is 13.4. The van der Waals surface area contributed by atoms with Gasteiger partial charge in [0.25, 0.3) is 0 Å². The zero-order valence-corrected chi connectivity index (χ0v) is 28.4. The minimum absolute atomic E-state index is 0.635. The van der Waals surface area contributed by atoms with Gasteiger partial charge in [-0.1, -0.05) is 117 Å². The fraction of sp³-hybridized carbons (Fsp3) is 0.0682. The molecule has 8 aromatic carbocycles. The average Bonchev–Trinajstić information content (AvgIpc) is 3.12. The second-order valence-corrected chi connectivity index (χ2v) is 18.4. The summed E-state index contributed by atoms with van der Waals surface area (Å²) in [6.45, 7) is 7.27. The highest BCUT2D eigenvalue weighted by atomic mass is 28.3. The Kier molecular flexibility index (Phi) is 7.21. The summed E-state index contributed by atoms with van der Waals surface area (Å²) < 4.78 is 0. The van der Waals surface area contributed by atoms with Gasteiger partial charge in [-0.25, -0.2) is 0 Å². The maximum atomic E-state index is 9.77. The zero-order chi connectivity index (χ0) is 32.8. The molecular weight excluding hydrogens is 599 g/mol. The van der Waals surface area contributed by atoms with Crippen molar-refractivity contribution in [2.75, 3.05) is 9.80 Å². The number of para-hydroxylation sites is 3. The summed E-state index contributed by atoms with van der Waals surface area (Å²) in [5.41, 5.74) is 7.26. The molecule has 0 radical (unpaired) electrons. The molecule has 0 atom stereocenters. The van der Waals surface area contributed by atoms with Gasteiger partial charge in [-0.15, -0.1) is 0 Å². The largest absolute Gasteiger partial charge is 0.310 e. The molecule has 4 heteroatoms. The van der Waals surface area contributed by atoms with Gasteiger partial charge in [0, 0.05) is 33.5 Å². The smallest absolute Gasteiger partial charge is 0.0992 e. The van der Waals surface area contributed by atoms with Crippen LogP contribution in [-0.2, 0) is 0 Å². The third-order valence-electron chi connectivity index (χ3n) is 9.32. The van der Waals surface area contributed by atoms with E-state index in [1.807, 2.05) is 24.3 Å². The number of rotatable bonds is 7. The summed E-state index contributed by atoms with van der Waals surface area (Å²) in [6.07, 6.45) is 0. The Balaban J connectivity index is 1.42. The third kappa shape index (κ3) is 4.97. The summed E-state index contributed by atoms with van der Waals surface area (Å²) in [6, 6.07) is 58.5. The number of hydrogen-bond donors (Lipinski definition) is 0. The van der Waals surface area contributed by atoms with Crippen molar-refractivity contribution in [1.29, 1.82) is 5.26 Å². The SMILES string of the molecule is C[Si](C)(C)c1ccccc1N(c1ccccc1)c1ccc2ccc3c(N(c4ccccc4)c4cccc(C#N)c4)ccc4ccc1c2c43. The molecule has 0 saturated heterocycles. The standard InChI is InChI=1S/C44H35N3Si/c1-48(2,3)42-20-11-10-19-41(42)47(35-16-8-5-9-17-35)40-28-24-33-21-25-37-39(27-23-32-22-26-38(40)44(33)43(32)37)46(34-14-6-4-7-15-34)36-18-12-13-31(29-36)30-45/h4-29H,1-3H3. The van der Waals surface area contributed by atoms with Crippen LogP contribution in [0, 0.1) is 11.3 Å². The summed E-state index contributed by atoms with van der Waals surface area (Å²) >= 11 is 0. The highest BCUT2D eigenvalue weighted by molar-refractivity contribution is 6.89. The Morgan fingerprint density at radius 1 is 0.458 bits per heavy atom. The van der Waals surface area contributed by atoms with Gasteiger partial charge in [-0.2, -0.15) is 5.26 Å². The normalized spacial score (nSPS) is 11.6. The van der Waals surface area contributed by atoms with Crippen LogP contribution in [0.1, 0.15) is 5.56 Å². The van der Waals surface area contributed by atoms with Crippen LogP contribution in [0.15, 0.2) is 158 Å². The zero-order valence-electron chi connectivity index (χ0n) is 27.4. The van der Waals surface area contributed by atoms with Gasteiger partial charge in [0.2, 0.25) is 0 Å². The molecule has 8 rings (SSSR count). The number of hydrogen-bond acceptors (Lipinski definition) is 3. The van der Waals surface area contributed by atoms with Crippen LogP contribution in [0.4, 0.5) is 34.1 Å². The van der Waals surface area contributed by atoms with Gasteiger partial charge in [0.15, 0.2) is 0 Å². The minimum atomic E-state index is -1.70. The number of nitriles is 1. The van der Waals surface area contributed by atoms with Crippen molar-refractivity contribution in [2.45, 2.75) is 19.6 Å². The molecule has 3 nitrogen and oxygen atoms in total. The van der Waals surface area contributed by atoms with Crippen molar-refractivity contribution >= 4 is 79.7 Å². The van der Waals surface area contributed by atoms with E-state index in [-0.39, 0.29) is 0 Å². The summed E-state index contributed by atoms with van der Waals surface area (Å²) in [7, 11) is -1.70. The van der Waals surface area contributed by atoms with Crippen molar-refractivity contribution in [2.24, 2.45) is 0 Å². The first-order chi connectivity index (χ1) is 23.4. The van der Waals surface area contributed by atoms with E-state index in [9.17, 15) is 5.26 Å². The lowest BCUT2D eigenvalue weighted by Gasteiger charge is -2.32. The van der Waals surface area contributed by atoms with Crippen molar-refractivity contribution in [3.63, 3.8) is 0 Å². The van der Waals surface area contributed by atoms with E-state index in [1.165, 1.54) is 48.9 Å². The molecule has 0 spiro atoms. The van der Waals surface area contributed by atoms with Crippen LogP contribution in [-0.4, -0.2) is 8.07 Å². The van der Waals surface area contributed by atoms with E-state index in [0.717, 1.165) is 22.7 Å². The van der Waals surface area contributed by atoms with Gasteiger partial charge in [-0.05, 0) is 87.4 Å². The predicted octanol–water partition coefficient (Wildman–Crippen LogP) is 11.9. The van der Waals surface area contributed by atoms with Crippen molar-refractivity contribution in [3.8, 4) is 6.07 Å². The molecule has 0 saturated carbocycles. The molecule has 0 aliphatic heterocycles. The van der Waals surface area contributed by atoms with E-state index in [1.54, 1.807) is 0 Å². The number of nitrogens with zero attached hydrogens (tertiary/aromatic N) is 3. The lowest BCUT2D eigenvalue weighted by atomic mass is 9.91. The maximum Gasteiger partial charge on any atom is 0.0992 e. The first-order valence-electron chi connectivity index (χ1n) is 16.4. The van der Waals surface area contributed by atoms with Crippen LogP contribution >= 0.6 is 0 Å². The molecule has 0 fully saturated rings. The van der Waals surface area contributed by atoms with Crippen molar-refractivity contribution in [1.82, 2.24) is 0 Å². The lowest BCUT2D eigenvalue weighted by molar-refractivity contribution is 1.29. The molecule has 0 unspecified atom stereocenters. The number of benzene rings is 8. The van der Waals surface area contributed by atoms with E-state index in [0.29, 0.717) is 5.56 Å². The first kappa shape index (κ1) is 29.5. The molecule has 0 amide bonds. The van der Waals surface area contributed by atoms with E-state index in [4.69, 9.17) is 0 Å². The maximum absolute atomic E-state index is 9.77. The van der Waals surface area contributed by atoms with Gasteiger partial charge < -0.3 is 9.80 Å². The van der Waals surface area contributed by atoms with Crippen LogP contribution in [0.3, 0.4) is 0 Å². The second kappa shape index (κ2) is 11.7. The molecule has 0 aromatic heterocycles. The molecule has 230 valence electrons. The molecule has 0 N–H and O–H groups in total. The molecule has 0 bridgehead atoms. The fourth-order valence-corrected chi connectivity index (χ4v) is 8.73. The lowest BCUT2D eigenvalue weighted by Crippen LogP contribution is -2.40. The van der Waals surface area contributed by atoms with Crippen LogP contribution < -0.4 is 15.0 Å². The Morgan fingerprint density at radius 2 is 0.958 bits per heavy atom. The van der Waals surface area contributed by atoms with Gasteiger partial charge in [0.05, 0.1) is 31.1 Å². The van der Waals surface area contributed by atoms with E-state index >= 15 is 0 Å². The summed E-state index contributed by atoms with van der Waals surface area (Å²) in [5.74, 6) is 0. The molecular formula is C44H35N3Si. The van der Waals surface area contributed by atoms with Crippen molar-refractivity contribution < 1.29 is 0 Å². The molecule has 0 heterocycles. The monoisotopic (exact) mass is 633 g/mol. The minimum Gasteiger partial charge on any atom is -0.310 e. The van der Waals surface area contributed by atoms with Crippen LogP contribution in [0.5, 0.6) is 0 Å². The first-order valence-corrected chi connectivity index (χ1v) is 19.9. The quantitative estimate of drug-likeness (QED) is 0.129. The van der Waals surface area contributed by atoms with Gasteiger partial charge in [-0.3, -0.25) is 0 Å². The molecule has 0 aliphatic carbocycles. The summed E-state index contributed by atoms with van der Waals surface area (Å²) in [4.78, 5) is 4.73. The Hall–Kier alpha value is -5.89. The average molecular weight is 634 g/mol. The highest BCUT2D eigenvalue weighted by Gasteiger charge is 2.26. The Bertz CT molecular complexity index is 2460. The number of anilines is 6. The van der Waals surface area contributed by atoms with E-state index < -0.39 is 8.07 Å². The summed E-state index contributed by atoms with van der Waals surface area (Å²) in [5, 5.41) is 18.5.